The van der Waals surface area contributed by atoms with E-state index in [9.17, 15) is 18.1 Å². The van der Waals surface area contributed by atoms with Gasteiger partial charge in [0, 0.05) is 17.5 Å². The molecule has 1 fully saturated rings. The van der Waals surface area contributed by atoms with Gasteiger partial charge in [-0.05, 0) is 48.9 Å². The second-order valence-corrected chi connectivity index (χ2v) is 8.75. The van der Waals surface area contributed by atoms with Gasteiger partial charge in [-0.15, -0.1) is 0 Å². The van der Waals surface area contributed by atoms with Gasteiger partial charge in [-0.3, -0.25) is 0 Å². The molecule has 1 aliphatic rings. The summed E-state index contributed by atoms with van der Waals surface area (Å²) in [6.07, 6.45) is 0. The largest absolute Gasteiger partial charge is 0.380 e. The first-order valence-corrected chi connectivity index (χ1v) is 10.0. The Balaban J connectivity index is 2.07. The molecule has 0 saturated heterocycles. The molecule has 0 heterocycles. The minimum Gasteiger partial charge on any atom is -0.380 e. The first-order chi connectivity index (χ1) is 12.4. The lowest BCUT2D eigenvalue weighted by Crippen LogP contribution is -2.19. The average Bonchev–Trinajstić information content (AvgIpc) is 3.31. The molecule has 0 bridgehead atoms. The van der Waals surface area contributed by atoms with Gasteiger partial charge in [-0.1, -0.05) is 23.7 Å². The Bertz CT molecular complexity index is 955. The number of nitriles is 1. The SMILES string of the molecule is CCOC[C@@]1(C#N)[C@@H](c2cccc(F)c2)[C@@H]1S(=O)(=O)c1ccc(Cl)cc1. The fraction of sp³-hybridized carbons (Fsp3) is 0.316. The average molecular weight is 394 g/mol. The lowest BCUT2D eigenvalue weighted by Gasteiger charge is -2.09. The van der Waals surface area contributed by atoms with E-state index in [-0.39, 0.29) is 11.5 Å². The van der Waals surface area contributed by atoms with E-state index in [4.69, 9.17) is 16.3 Å². The summed E-state index contributed by atoms with van der Waals surface area (Å²) in [6, 6.07) is 13.7. The highest BCUT2D eigenvalue weighted by molar-refractivity contribution is 7.92. The zero-order chi connectivity index (χ0) is 18.9. The van der Waals surface area contributed by atoms with Crippen molar-refractivity contribution >= 4 is 21.4 Å². The van der Waals surface area contributed by atoms with Gasteiger partial charge in [0.15, 0.2) is 9.84 Å². The van der Waals surface area contributed by atoms with Gasteiger partial charge in [0.2, 0.25) is 0 Å². The molecule has 3 atom stereocenters. The Morgan fingerprint density at radius 3 is 2.54 bits per heavy atom. The molecule has 1 saturated carbocycles. The van der Waals surface area contributed by atoms with Crippen molar-refractivity contribution in [2.24, 2.45) is 5.41 Å². The molecule has 3 rings (SSSR count). The summed E-state index contributed by atoms with van der Waals surface area (Å²) in [6.45, 7) is 2.10. The number of rotatable bonds is 6. The number of halogens is 2. The maximum absolute atomic E-state index is 13.7. The number of hydrogen-bond donors (Lipinski definition) is 0. The molecular weight excluding hydrogens is 377 g/mol. The molecule has 26 heavy (non-hydrogen) atoms. The van der Waals surface area contributed by atoms with Crippen LogP contribution in [0.4, 0.5) is 4.39 Å². The summed E-state index contributed by atoms with van der Waals surface area (Å²) < 4.78 is 45.4. The predicted octanol–water partition coefficient (Wildman–Crippen LogP) is 3.97. The van der Waals surface area contributed by atoms with Crippen LogP contribution in [0.15, 0.2) is 53.4 Å². The summed E-state index contributed by atoms with van der Waals surface area (Å²) in [5, 5.41) is 9.21. The van der Waals surface area contributed by atoms with Crippen LogP contribution in [0.1, 0.15) is 18.4 Å². The zero-order valence-electron chi connectivity index (χ0n) is 14.0. The lowest BCUT2D eigenvalue weighted by atomic mass is 10.0. The van der Waals surface area contributed by atoms with Crippen molar-refractivity contribution < 1.29 is 17.5 Å². The van der Waals surface area contributed by atoms with Crippen LogP contribution in [-0.2, 0) is 14.6 Å². The molecule has 0 aromatic heterocycles. The van der Waals surface area contributed by atoms with Gasteiger partial charge in [0.25, 0.3) is 0 Å². The van der Waals surface area contributed by atoms with Crippen LogP contribution >= 0.6 is 11.6 Å². The molecule has 0 unspecified atom stereocenters. The third-order valence-corrected chi connectivity index (χ3v) is 7.24. The van der Waals surface area contributed by atoms with Gasteiger partial charge >= 0.3 is 0 Å². The fourth-order valence-corrected chi connectivity index (χ4v) is 5.85. The van der Waals surface area contributed by atoms with Crippen LogP contribution < -0.4 is 0 Å². The van der Waals surface area contributed by atoms with Crippen molar-refractivity contribution in [2.75, 3.05) is 13.2 Å². The van der Waals surface area contributed by atoms with Gasteiger partial charge < -0.3 is 4.74 Å². The quantitative estimate of drug-likeness (QED) is 0.744. The van der Waals surface area contributed by atoms with Crippen LogP contribution in [0.3, 0.4) is 0 Å². The van der Waals surface area contributed by atoms with Crippen LogP contribution in [-0.4, -0.2) is 26.9 Å². The minimum atomic E-state index is -3.83. The maximum Gasteiger partial charge on any atom is 0.183 e. The van der Waals surface area contributed by atoms with E-state index < -0.39 is 32.2 Å². The highest BCUT2D eigenvalue weighted by Crippen LogP contribution is 2.64. The van der Waals surface area contributed by atoms with Crippen molar-refractivity contribution in [3.05, 3.63) is 64.9 Å². The van der Waals surface area contributed by atoms with Gasteiger partial charge in [-0.25, -0.2) is 12.8 Å². The monoisotopic (exact) mass is 393 g/mol. The van der Waals surface area contributed by atoms with Crippen molar-refractivity contribution in [3.63, 3.8) is 0 Å². The maximum atomic E-state index is 13.7. The fourth-order valence-electron chi connectivity index (χ4n) is 3.41. The standard InChI is InChI=1S/C19H17ClFNO3S/c1-2-25-12-19(11-22)17(13-4-3-5-15(21)10-13)18(19)26(23,24)16-8-6-14(20)7-9-16/h3-10,17-18H,2,12H2,1H3/t17-,18-,19-/m0/s1. The third kappa shape index (κ3) is 3.11. The molecular formula is C19H17ClFNO3S. The second-order valence-electron chi connectivity index (χ2n) is 6.24. The molecule has 1 aliphatic carbocycles. The van der Waals surface area contributed by atoms with Gasteiger partial charge in [-0.2, -0.15) is 5.26 Å². The molecule has 4 nitrogen and oxygen atoms in total. The highest BCUT2D eigenvalue weighted by Gasteiger charge is 2.72. The Hall–Kier alpha value is -1.94. The van der Waals surface area contributed by atoms with E-state index in [1.807, 2.05) is 0 Å². The zero-order valence-corrected chi connectivity index (χ0v) is 15.6. The first kappa shape index (κ1) is 18.8. The van der Waals surface area contributed by atoms with Crippen LogP contribution in [0.2, 0.25) is 5.02 Å². The molecule has 7 heteroatoms. The molecule has 0 spiro atoms. The summed E-state index contributed by atoms with van der Waals surface area (Å²) in [4.78, 5) is 0.0851. The summed E-state index contributed by atoms with van der Waals surface area (Å²) in [5.74, 6) is -1.13. The molecule has 2 aromatic carbocycles. The first-order valence-electron chi connectivity index (χ1n) is 8.10. The molecule has 0 N–H and O–H groups in total. The topological polar surface area (TPSA) is 67.2 Å². The van der Waals surface area contributed by atoms with E-state index in [0.717, 1.165) is 0 Å². The van der Waals surface area contributed by atoms with E-state index >= 15 is 0 Å². The van der Waals surface area contributed by atoms with Crippen molar-refractivity contribution in [1.82, 2.24) is 0 Å². The van der Waals surface area contributed by atoms with E-state index in [1.54, 1.807) is 13.0 Å². The Kier molecular flexibility index (Phi) is 5.07. The van der Waals surface area contributed by atoms with Crippen molar-refractivity contribution in [1.29, 1.82) is 5.26 Å². The third-order valence-electron chi connectivity index (χ3n) is 4.69. The van der Waals surface area contributed by atoms with Crippen molar-refractivity contribution in [3.8, 4) is 6.07 Å². The highest BCUT2D eigenvalue weighted by atomic mass is 35.5. The van der Waals surface area contributed by atoms with E-state index in [1.165, 1.54) is 42.5 Å². The Morgan fingerprint density at radius 2 is 1.96 bits per heavy atom. The Morgan fingerprint density at radius 1 is 1.27 bits per heavy atom. The number of nitrogens with zero attached hydrogens (tertiary/aromatic N) is 1. The molecule has 2 aromatic rings. The normalized spacial score (nSPS) is 24.8. The van der Waals surface area contributed by atoms with Gasteiger partial charge in [0.1, 0.15) is 11.2 Å². The summed E-state index contributed by atoms with van der Waals surface area (Å²) in [7, 11) is -3.83. The van der Waals surface area contributed by atoms with Crippen LogP contribution in [0.5, 0.6) is 0 Å². The second kappa shape index (κ2) is 6.99. The Labute approximate surface area is 157 Å². The number of sulfone groups is 1. The van der Waals surface area contributed by atoms with Crippen LogP contribution in [0.25, 0.3) is 0 Å². The molecule has 0 aliphatic heterocycles. The smallest absolute Gasteiger partial charge is 0.183 e. The number of benzene rings is 2. The van der Waals surface area contributed by atoms with E-state index in [2.05, 4.69) is 6.07 Å². The predicted molar refractivity (Wildman–Crippen MR) is 96.1 cm³/mol. The summed E-state index contributed by atoms with van der Waals surface area (Å²) >= 11 is 5.84. The lowest BCUT2D eigenvalue weighted by molar-refractivity contribution is 0.117. The van der Waals surface area contributed by atoms with Crippen LogP contribution in [0, 0.1) is 22.6 Å². The minimum absolute atomic E-state index is 0.0291. The molecule has 0 amide bonds. The van der Waals surface area contributed by atoms with Gasteiger partial charge in [0.05, 0.1) is 22.8 Å². The number of hydrogen-bond acceptors (Lipinski definition) is 4. The molecule has 136 valence electrons. The molecule has 0 radical (unpaired) electrons. The van der Waals surface area contributed by atoms with Crippen molar-refractivity contribution in [2.45, 2.75) is 23.0 Å². The summed E-state index contributed by atoms with van der Waals surface area (Å²) in [5.41, 5.74) is -0.767. The number of ether oxygens (including phenoxy) is 1. The van der Waals surface area contributed by atoms with E-state index in [0.29, 0.717) is 17.2 Å².